The van der Waals surface area contributed by atoms with Crippen LogP contribution in [0.2, 0.25) is 5.32 Å². The molecule has 1 heterocycles. The summed E-state index contributed by atoms with van der Waals surface area (Å²) in [5, 5.41) is 8.45. The molecule has 2 N–H and O–H groups in total. The molecular weight excluding hydrogens is 373 g/mol. The molecule has 4 nitrogen and oxygen atoms in total. The van der Waals surface area contributed by atoms with Gasteiger partial charge in [0.15, 0.2) is 0 Å². The first kappa shape index (κ1) is 18.4. The first-order valence-corrected chi connectivity index (χ1v) is 10.2. The van der Waals surface area contributed by atoms with Crippen LogP contribution in [-0.4, -0.2) is 10.2 Å². The summed E-state index contributed by atoms with van der Waals surface area (Å²) in [4.78, 5) is 0. The van der Waals surface area contributed by atoms with Gasteiger partial charge in [0.1, 0.15) is 5.82 Å². The number of anilines is 1. The topological polar surface area (TPSA) is 64.9 Å². The van der Waals surface area contributed by atoms with Gasteiger partial charge in [0, 0.05) is 5.56 Å². The van der Waals surface area contributed by atoms with E-state index < -0.39 is 0 Å². The molecule has 26 heavy (non-hydrogen) atoms. The molecule has 0 unspecified atom stereocenters. The fraction of sp³-hybridized carbons (Fsp3) is 0.200. The van der Waals surface area contributed by atoms with Crippen LogP contribution >= 0.6 is 0 Å². The zero-order chi connectivity index (χ0) is 18.4. The molecule has 6 heteroatoms. The Kier molecular flexibility index (Phi) is 6.21. The van der Waals surface area contributed by atoms with Gasteiger partial charge in [-0.2, -0.15) is 0 Å². The van der Waals surface area contributed by atoms with Crippen molar-refractivity contribution in [2.24, 2.45) is 0 Å². The van der Waals surface area contributed by atoms with Crippen LogP contribution < -0.4 is 5.73 Å². The quantitative estimate of drug-likeness (QED) is 0.725. The smallest absolute Gasteiger partial charge is 0.313 e. The Bertz CT molecular complexity index is 835. The summed E-state index contributed by atoms with van der Waals surface area (Å²) in [5.41, 5.74) is 5.88. The van der Waals surface area contributed by atoms with Crippen molar-refractivity contribution >= 4 is 6.01 Å². The number of nitrogen functional groups attached to an aromatic ring is 1. The summed E-state index contributed by atoms with van der Waals surface area (Å²) >= 11 is -0.153. The fourth-order valence-electron chi connectivity index (χ4n) is 2.56. The largest absolute Gasteiger partial charge is 0.404 e. The van der Waals surface area contributed by atoms with Crippen molar-refractivity contribution in [2.75, 3.05) is 5.73 Å². The van der Waals surface area contributed by atoms with Crippen LogP contribution in [0.25, 0.3) is 11.5 Å². The number of allylic oxidation sites excluding steroid dienone is 8. The summed E-state index contributed by atoms with van der Waals surface area (Å²) in [7, 11) is 0. The van der Waals surface area contributed by atoms with Crippen molar-refractivity contribution in [3.8, 4) is 11.5 Å². The molecule has 0 saturated carbocycles. The van der Waals surface area contributed by atoms with Gasteiger partial charge in [0.25, 0.3) is 0 Å². The number of halogens is 1. The minimum absolute atomic E-state index is 0.000625. The Hall–Kier alpha value is -2.43. The van der Waals surface area contributed by atoms with E-state index >= 15 is 0 Å². The maximum absolute atomic E-state index is 12.5. The number of hydrogen-bond acceptors (Lipinski definition) is 4. The van der Waals surface area contributed by atoms with E-state index in [4.69, 9.17) is 10.2 Å². The number of rotatable bonds is 4. The molecule has 4 rings (SSSR count). The van der Waals surface area contributed by atoms with E-state index in [1.54, 1.807) is 21.1 Å². The molecule has 0 bridgehead atoms. The Morgan fingerprint density at radius 3 is 2.08 bits per heavy atom. The maximum atomic E-state index is 12.5. The predicted molar refractivity (Wildman–Crippen MR) is 98.3 cm³/mol. The minimum atomic E-state index is -0.309. The van der Waals surface area contributed by atoms with Crippen LogP contribution in [0.4, 0.5) is 10.4 Å². The molecule has 0 spiro atoms. The van der Waals surface area contributed by atoms with Gasteiger partial charge in [-0.15, -0.1) is 5.10 Å². The molecule has 1 aromatic heterocycles. The first-order valence-electron chi connectivity index (χ1n) is 8.35. The van der Waals surface area contributed by atoms with Crippen molar-refractivity contribution in [1.29, 1.82) is 0 Å². The Morgan fingerprint density at radius 2 is 1.65 bits per heavy atom. The average Bonchev–Trinajstić information content (AvgIpc) is 3.40. The van der Waals surface area contributed by atoms with Crippen molar-refractivity contribution in [3.05, 3.63) is 75.5 Å². The Labute approximate surface area is 156 Å². The second kappa shape index (κ2) is 8.79. The van der Waals surface area contributed by atoms with Crippen LogP contribution in [0.1, 0.15) is 19.8 Å². The van der Waals surface area contributed by atoms with Crippen LogP contribution in [0.15, 0.2) is 74.1 Å². The molecule has 2 aliphatic rings. The third-order valence-corrected chi connectivity index (χ3v) is 7.08. The van der Waals surface area contributed by atoms with Gasteiger partial charge in [0.05, 0.1) is 0 Å². The van der Waals surface area contributed by atoms with Crippen LogP contribution in [0, 0.1) is 5.82 Å². The molecule has 0 fully saturated rings. The van der Waals surface area contributed by atoms with E-state index in [9.17, 15) is 4.39 Å². The van der Waals surface area contributed by atoms with Crippen molar-refractivity contribution < 1.29 is 22.7 Å². The van der Waals surface area contributed by atoms with Gasteiger partial charge in [-0.3, -0.25) is 0 Å². The number of hydrogen-bond donors (Lipinski definition) is 1. The molecule has 2 aliphatic carbocycles. The average molecular weight is 394 g/mol. The first-order chi connectivity index (χ1) is 12.7. The minimum Gasteiger partial charge on any atom is -0.404 e. The van der Waals surface area contributed by atoms with Crippen LogP contribution in [0.3, 0.4) is 0 Å². The molecular formula is C20H21FFeN3O. The Balaban J connectivity index is 0.000000151. The maximum Gasteiger partial charge on any atom is 0.313 e. The molecule has 0 aliphatic heterocycles. The van der Waals surface area contributed by atoms with E-state index in [1.165, 1.54) is 30.3 Å². The second-order valence-corrected chi connectivity index (χ2v) is 8.76. The number of aromatic nitrogens is 2. The van der Waals surface area contributed by atoms with Gasteiger partial charge in [0.2, 0.25) is 5.89 Å². The summed E-state index contributed by atoms with van der Waals surface area (Å²) < 4.78 is 20.8. The summed E-state index contributed by atoms with van der Waals surface area (Å²) in [6, 6.07) is 5.72. The SMILES string of the molecule is C[CH2][Fe]([C]1=CC=CC1)[C]1=CC=CC1.Nc1nnc(-c2ccc(F)cc2)o1. The van der Waals surface area contributed by atoms with Gasteiger partial charge in [-0.05, 0) is 24.3 Å². The van der Waals surface area contributed by atoms with Crippen molar-refractivity contribution in [3.63, 3.8) is 0 Å². The third-order valence-electron chi connectivity index (χ3n) is 3.76. The van der Waals surface area contributed by atoms with E-state index in [-0.39, 0.29) is 31.6 Å². The summed E-state index contributed by atoms with van der Waals surface area (Å²) in [5.74, 6) is -0.0197. The molecule has 0 atom stereocenters. The molecule has 2 aromatic rings. The number of benzene rings is 1. The van der Waals surface area contributed by atoms with E-state index in [0.717, 1.165) is 0 Å². The van der Waals surface area contributed by atoms with Gasteiger partial charge in [-0.25, -0.2) is 4.39 Å². The van der Waals surface area contributed by atoms with Crippen LogP contribution in [-0.2, 0) is 13.9 Å². The molecule has 1 aromatic carbocycles. The van der Waals surface area contributed by atoms with Gasteiger partial charge < -0.3 is 10.2 Å². The molecule has 0 amide bonds. The van der Waals surface area contributed by atoms with Crippen LogP contribution in [0.5, 0.6) is 0 Å². The Morgan fingerprint density at radius 1 is 1.04 bits per heavy atom. The summed E-state index contributed by atoms with van der Waals surface area (Å²) in [6.07, 6.45) is 16.0. The van der Waals surface area contributed by atoms with E-state index in [2.05, 4.69) is 53.6 Å². The summed E-state index contributed by atoms with van der Waals surface area (Å²) in [6.45, 7) is 2.32. The normalized spacial score (nSPS) is 15.4. The third kappa shape index (κ3) is 4.59. The standard InChI is InChI=1S/C8H6FN3O.2C5H5.C2H5.Fe/c9-6-3-1-5(2-4-6)7-11-12-8(10)13-7;2*1-2-4-5-3-1;1-2;/h1-4H,(H2,10,12);2*1-3H,4H2;1H2,2H3;. The van der Waals surface area contributed by atoms with Crippen molar-refractivity contribution in [1.82, 2.24) is 10.2 Å². The monoisotopic (exact) mass is 394 g/mol. The fourth-order valence-corrected chi connectivity index (χ4v) is 5.48. The zero-order valence-electron chi connectivity index (χ0n) is 14.5. The van der Waals surface area contributed by atoms with Gasteiger partial charge >= 0.3 is 90.4 Å². The number of nitrogens with zero attached hydrogens (tertiary/aromatic N) is 2. The van der Waals surface area contributed by atoms with E-state index in [1.807, 2.05) is 0 Å². The molecule has 137 valence electrons. The molecule has 0 saturated heterocycles. The van der Waals surface area contributed by atoms with Gasteiger partial charge in [-0.1, -0.05) is 5.10 Å². The van der Waals surface area contributed by atoms with E-state index in [0.29, 0.717) is 5.56 Å². The molecule has 0 radical (unpaired) electrons. The number of nitrogens with two attached hydrogens (primary N) is 1. The zero-order valence-corrected chi connectivity index (χ0v) is 15.6. The second-order valence-electron chi connectivity index (χ2n) is 5.50. The predicted octanol–water partition coefficient (Wildman–Crippen LogP) is 5.19. The van der Waals surface area contributed by atoms with Crippen molar-refractivity contribution in [2.45, 2.75) is 25.1 Å².